The molecule has 20 heavy (non-hydrogen) atoms. The van der Waals surface area contributed by atoms with Crippen LogP contribution in [-0.4, -0.2) is 23.3 Å². The number of H-pyrrole nitrogens is 1. The van der Waals surface area contributed by atoms with Gasteiger partial charge in [0.25, 0.3) is 5.69 Å². The molecule has 2 aromatic rings. The largest absolute Gasteiger partial charge is 0.347 e. The van der Waals surface area contributed by atoms with Crippen molar-refractivity contribution in [3.63, 3.8) is 0 Å². The molecule has 106 valence electrons. The number of benzene rings is 1. The van der Waals surface area contributed by atoms with Crippen LogP contribution < -0.4 is 4.72 Å². The van der Waals surface area contributed by atoms with E-state index in [2.05, 4.69) is 14.7 Å². The second kappa shape index (κ2) is 5.39. The van der Waals surface area contributed by atoms with E-state index in [-0.39, 0.29) is 17.1 Å². The number of aryl methyl sites for hydroxylation is 1. The van der Waals surface area contributed by atoms with E-state index in [1.165, 1.54) is 18.3 Å². The third-order valence-electron chi connectivity index (χ3n) is 2.66. The van der Waals surface area contributed by atoms with Crippen LogP contribution >= 0.6 is 0 Å². The topological polar surface area (TPSA) is 118 Å². The number of rotatable bonds is 5. The lowest BCUT2D eigenvalue weighted by atomic mass is 10.2. The quantitative estimate of drug-likeness (QED) is 0.632. The van der Waals surface area contributed by atoms with Crippen LogP contribution in [0.5, 0.6) is 0 Å². The minimum absolute atomic E-state index is 0.0164. The number of non-ortho nitro benzene ring substituents is 1. The van der Waals surface area contributed by atoms with Crippen molar-refractivity contribution in [3.8, 4) is 0 Å². The second-order valence-corrected chi connectivity index (χ2v) is 5.80. The maximum Gasteiger partial charge on any atom is 0.270 e. The van der Waals surface area contributed by atoms with Gasteiger partial charge in [-0.25, -0.2) is 18.1 Å². The molecule has 0 saturated heterocycles. The minimum atomic E-state index is -3.84. The summed E-state index contributed by atoms with van der Waals surface area (Å²) in [5.41, 5.74) is 0.163. The summed E-state index contributed by atoms with van der Waals surface area (Å²) < 4.78 is 26.6. The Morgan fingerprint density at radius 1 is 1.45 bits per heavy atom. The van der Waals surface area contributed by atoms with Crippen LogP contribution in [0.2, 0.25) is 0 Å². The van der Waals surface area contributed by atoms with Crippen molar-refractivity contribution in [2.24, 2.45) is 0 Å². The molecular weight excluding hydrogens is 284 g/mol. The molecule has 1 heterocycles. The van der Waals surface area contributed by atoms with Crippen LogP contribution in [0.25, 0.3) is 0 Å². The second-order valence-electron chi connectivity index (χ2n) is 4.07. The normalized spacial score (nSPS) is 11.4. The molecule has 0 aliphatic carbocycles. The fourth-order valence-corrected chi connectivity index (χ4v) is 2.88. The van der Waals surface area contributed by atoms with Crippen molar-refractivity contribution >= 4 is 15.7 Å². The highest BCUT2D eigenvalue weighted by molar-refractivity contribution is 7.89. The van der Waals surface area contributed by atoms with Gasteiger partial charge in [0.15, 0.2) is 0 Å². The predicted octanol–water partition coefficient (Wildman–Crippen LogP) is 1.10. The van der Waals surface area contributed by atoms with E-state index in [1.54, 1.807) is 13.1 Å². The van der Waals surface area contributed by atoms with E-state index in [0.717, 1.165) is 6.07 Å². The average molecular weight is 296 g/mol. The fourth-order valence-electron chi connectivity index (χ4n) is 1.63. The Kier molecular flexibility index (Phi) is 3.81. The van der Waals surface area contributed by atoms with Gasteiger partial charge >= 0.3 is 0 Å². The summed E-state index contributed by atoms with van der Waals surface area (Å²) in [4.78, 5) is 16.6. The molecule has 0 saturated carbocycles. The molecule has 0 bridgehead atoms. The number of hydrogen-bond donors (Lipinski definition) is 2. The lowest BCUT2D eigenvalue weighted by molar-refractivity contribution is -0.385. The molecular formula is C11H12N4O4S. The summed E-state index contributed by atoms with van der Waals surface area (Å²) in [6.45, 7) is 1.56. The molecule has 2 rings (SSSR count). The summed E-state index contributed by atoms with van der Waals surface area (Å²) in [7, 11) is -3.84. The van der Waals surface area contributed by atoms with Crippen molar-refractivity contribution in [3.05, 3.63) is 52.1 Å². The van der Waals surface area contributed by atoms with Crippen molar-refractivity contribution in [2.75, 3.05) is 0 Å². The van der Waals surface area contributed by atoms with Crippen molar-refractivity contribution in [1.82, 2.24) is 14.7 Å². The number of aromatic nitrogens is 2. The third kappa shape index (κ3) is 3.00. The lowest BCUT2D eigenvalue weighted by Crippen LogP contribution is -2.24. The summed E-state index contributed by atoms with van der Waals surface area (Å²) in [5, 5.41) is 10.7. The first-order valence-corrected chi connectivity index (χ1v) is 7.11. The van der Waals surface area contributed by atoms with Gasteiger partial charge in [-0.3, -0.25) is 10.1 Å². The van der Waals surface area contributed by atoms with Crippen LogP contribution in [0.3, 0.4) is 0 Å². The molecule has 1 aromatic carbocycles. The van der Waals surface area contributed by atoms with Crippen molar-refractivity contribution in [1.29, 1.82) is 0 Å². The third-order valence-corrected chi connectivity index (χ3v) is 4.20. The number of nitro benzene ring substituents is 1. The Morgan fingerprint density at radius 3 is 2.80 bits per heavy atom. The Bertz CT molecular complexity index is 725. The van der Waals surface area contributed by atoms with Crippen LogP contribution in [0.15, 0.2) is 35.5 Å². The predicted molar refractivity (Wildman–Crippen MR) is 70.4 cm³/mol. The van der Waals surface area contributed by atoms with E-state index >= 15 is 0 Å². The average Bonchev–Trinajstić information content (AvgIpc) is 2.89. The standard InChI is InChI=1S/C11H12N4O4S/c1-8-2-3-9(15(16)17)6-10(8)20(18,19)14-7-11-12-4-5-13-11/h2-6,14H,7H2,1H3,(H,12,13). The number of hydrogen-bond acceptors (Lipinski definition) is 5. The van der Waals surface area contributed by atoms with Gasteiger partial charge in [-0.1, -0.05) is 6.07 Å². The van der Waals surface area contributed by atoms with Gasteiger partial charge in [-0.15, -0.1) is 0 Å². The Hall–Kier alpha value is -2.26. The Morgan fingerprint density at radius 2 is 2.20 bits per heavy atom. The summed E-state index contributed by atoms with van der Waals surface area (Å²) in [6, 6.07) is 3.71. The van der Waals surface area contributed by atoms with Crippen LogP contribution in [0, 0.1) is 17.0 Å². The number of nitro groups is 1. The first-order chi connectivity index (χ1) is 9.40. The van der Waals surface area contributed by atoms with Crippen molar-refractivity contribution < 1.29 is 13.3 Å². The van der Waals surface area contributed by atoms with Gasteiger partial charge in [0.1, 0.15) is 5.82 Å². The smallest absolute Gasteiger partial charge is 0.270 e. The lowest BCUT2D eigenvalue weighted by Gasteiger charge is -2.08. The Labute approximate surface area is 115 Å². The number of imidazole rings is 1. The number of nitrogens with zero attached hydrogens (tertiary/aromatic N) is 2. The maximum absolute atomic E-state index is 12.1. The molecule has 0 fully saturated rings. The molecule has 0 radical (unpaired) electrons. The van der Waals surface area contributed by atoms with Gasteiger partial charge in [-0.2, -0.15) is 0 Å². The number of aromatic amines is 1. The molecule has 0 spiro atoms. The first kappa shape index (κ1) is 14.2. The van der Waals surface area contributed by atoms with Gasteiger partial charge in [0.05, 0.1) is 16.4 Å². The van der Waals surface area contributed by atoms with Gasteiger partial charge < -0.3 is 4.98 Å². The van der Waals surface area contributed by atoms with Gasteiger partial charge in [0.2, 0.25) is 10.0 Å². The highest BCUT2D eigenvalue weighted by atomic mass is 32.2. The number of nitrogens with one attached hydrogen (secondary N) is 2. The van der Waals surface area contributed by atoms with E-state index in [4.69, 9.17) is 0 Å². The Balaban J connectivity index is 2.28. The number of sulfonamides is 1. The van der Waals surface area contributed by atoms with Crippen LogP contribution in [0.1, 0.15) is 11.4 Å². The monoisotopic (exact) mass is 296 g/mol. The summed E-state index contributed by atoms with van der Waals surface area (Å²) in [5.74, 6) is 0.455. The van der Waals surface area contributed by atoms with Crippen LogP contribution in [-0.2, 0) is 16.6 Å². The fraction of sp³-hybridized carbons (Fsp3) is 0.182. The molecule has 0 aliphatic heterocycles. The van der Waals surface area contributed by atoms with E-state index in [0.29, 0.717) is 11.4 Å². The maximum atomic E-state index is 12.1. The summed E-state index contributed by atoms with van der Waals surface area (Å²) >= 11 is 0. The van der Waals surface area contributed by atoms with Crippen molar-refractivity contribution in [2.45, 2.75) is 18.4 Å². The summed E-state index contributed by atoms with van der Waals surface area (Å²) in [6.07, 6.45) is 3.07. The molecule has 0 amide bonds. The molecule has 0 unspecified atom stereocenters. The van der Waals surface area contributed by atoms with Gasteiger partial charge in [0, 0.05) is 24.5 Å². The van der Waals surface area contributed by atoms with E-state index in [9.17, 15) is 18.5 Å². The SMILES string of the molecule is Cc1ccc([N+](=O)[O-])cc1S(=O)(=O)NCc1ncc[nH]1. The molecule has 1 aromatic heterocycles. The molecule has 0 atom stereocenters. The molecule has 2 N–H and O–H groups in total. The van der Waals surface area contributed by atoms with Crippen LogP contribution in [0.4, 0.5) is 5.69 Å². The van der Waals surface area contributed by atoms with E-state index < -0.39 is 14.9 Å². The molecule has 8 nitrogen and oxygen atoms in total. The highest BCUT2D eigenvalue weighted by Gasteiger charge is 2.20. The first-order valence-electron chi connectivity index (χ1n) is 5.63. The zero-order valence-electron chi connectivity index (χ0n) is 10.5. The zero-order valence-corrected chi connectivity index (χ0v) is 11.3. The van der Waals surface area contributed by atoms with Gasteiger partial charge in [-0.05, 0) is 12.5 Å². The minimum Gasteiger partial charge on any atom is -0.347 e. The zero-order chi connectivity index (χ0) is 14.8. The highest BCUT2D eigenvalue weighted by Crippen LogP contribution is 2.21. The van der Waals surface area contributed by atoms with E-state index in [1.807, 2.05) is 0 Å². The molecule has 9 heteroatoms. The molecule has 0 aliphatic rings.